The number of amides is 1. The van der Waals surface area contributed by atoms with Gasteiger partial charge in [-0.05, 0) is 31.0 Å². The molecule has 0 radical (unpaired) electrons. The third kappa shape index (κ3) is 2.73. The summed E-state index contributed by atoms with van der Waals surface area (Å²) in [6.45, 7) is 3.25. The van der Waals surface area contributed by atoms with E-state index in [0.29, 0.717) is 29.9 Å². The van der Waals surface area contributed by atoms with Crippen LogP contribution in [0.1, 0.15) is 29.3 Å². The van der Waals surface area contributed by atoms with E-state index in [4.69, 9.17) is 15.2 Å². The Morgan fingerprint density at radius 2 is 2.29 bits per heavy atom. The van der Waals surface area contributed by atoms with Crippen LogP contribution in [-0.2, 0) is 11.2 Å². The number of carbonyl (C=O) groups excluding carboxylic acids is 1. The molecule has 0 saturated carbocycles. The lowest BCUT2D eigenvalue weighted by molar-refractivity contribution is 0.0446. The van der Waals surface area contributed by atoms with Crippen molar-refractivity contribution in [2.45, 2.75) is 37.5 Å². The summed E-state index contributed by atoms with van der Waals surface area (Å²) in [5.41, 5.74) is 9.06. The van der Waals surface area contributed by atoms with Gasteiger partial charge in [-0.15, -0.1) is 0 Å². The summed E-state index contributed by atoms with van der Waals surface area (Å²) in [6.07, 6.45) is 5.12. The molecule has 3 N–H and O–H groups in total. The van der Waals surface area contributed by atoms with Crippen molar-refractivity contribution in [1.29, 1.82) is 0 Å². The van der Waals surface area contributed by atoms with Gasteiger partial charge in [-0.2, -0.15) is 5.10 Å². The number of nitrogens with zero attached hydrogens (tertiary/aromatic N) is 4. The first-order chi connectivity index (χ1) is 15.0. The molecule has 0 unspecified atom stereocenters. The first kappa shape index (κ1) is 18.6. The molecular weight excluding hydrogens is 398 g/mol. The van der Waals surface area contributed by atoms with Crippen molar-refractivity contribution in [3.63, 3.8) is 0 Å². The lowest BCUT2D eigenvalue weighted by atomic mass is 9.96. The predicted molar refractivity (Wildman–Crippen MR) is 112 cm³/mol. The van der Waals surface area contributed by atoms with Gasteiger partial charge in [-0.25, -0.2) is 9.50 Å². The molecule has 1 amide bonds. The Hall–Kier alpha value is -3.17. The summed E-state index contributed by atoms with van der Waals surface area (Å²) in [5, 5.41) is 14.5. The fourth-order valence-electron chi connectivity index (χ4n) is 5.06. The number of rotatable bonds is 4. The average Bonchev–Trinajstić information content (AvgIpc) is 3.52. The maximum absolute atomic E-state index is 12.5. The number of primary amides is 1. The smallest absolute Gasteiger partial charge is 0.254 e. The van der Waals surface area contributed by atoms with E-state index in [9.17, 15) is 9.90 Å². The van der Waals surface area contributed by atoms with E-state index in [1.54, 1.807) is 23.0 Å². The van der Waals surface area contributed by atoms with Gasteiger partial charge in [0, 0.05) is 37.0 Å². The Kier molecular flexibility index (Phi) is 3.85. The normalized spacial score (nSPS) is 26.5. The number of anilines is 1. The summed E-state index contributed by atoms with van der Waals surface area (Å²) in [4.78, 5) is 19.1. The Balaban J connectivity index is 1.58. The van der Waals surface area contributed by atoms with Gasteiger partial charge in [0.1, 0.15) is 22.6 Å². The molecule has 9 heteroatoms. The predicted octanol–water partition coefficient (Wildman–Crippen LogP) is 1.16. The van der Waals surface area contributed by atoms with Gasteiger partial charge >= 0.3 is 0 Å². The third-order valence-electron chi connectivity index (χ3n) is 6.54. The molecule has 2 saturated heterocycles. The van der Waals surface area contributed by atoms with Crippen LogP contribution in [-0.4, -0.2) is 63.1 Å². The third-order valence-corrected chi connectivity index (χ3v) is 6.54. The van der Waals surface area contributed by atoms with Gasteiger partial charge in [0.15, 0.2) is 5.65 Å². The molecule has 9 nitrogen and oxygen atoms in total. The van der Waals surface area contributed by atoms with Crippen molar-refractivity contribution in [2.75, 3.05) is 24.7 Å². The van der Waals surface area contributed by atoms with Gasteiger partial charge in [-0.1, -0.05) is 0 Å². The minimum atomic E-state index is -0.668. The molecule has 5 heterocycles. The van der Waals surface area contributed by atoms with Crippen LogP contribution in [0, 0.1) is 0 Å². The molecular formula is C22H23N5O4. The Labute approximate surface area is 178 Å². The van der Waals surface area contributed by atoms with E-state index in [0.717, 1.165) is 35.5 Å². The van der Waals surface area contributed by atoms with Crippen LogP contribution in [0.2, 0.25) is 0 Å². The molecule has 1 aromatic carbocycles. The van der Waals surface area contributed by atoms with Crippen LogP contribution in [0.3, 0.4) is 0 Å². The lowest BCUT2D eigenvalue weighted by Crippen LogP contribution is -2.37. The van der Waals surface area contributed by atoms with Crippen LogP contribution in [0.5, 0.6) is 5.75 Å². The molecule has 3 aliphatic rings. The van der Waals surface area contributed by atoms with Crippen LogP contribution < -0.4 is 15.4 Å². The molecule has 6 rings (SSSR count). The largest absolute Gasteiger partial charge is 0.484 e. The summed E-state index contributed by atoms with van der Waals surface area (Å²) >= 11 is 0. The quantitative estimate of drug-likeness (QED) is 0.649. The molecule has 31 heavy (non-hydrogen) atoms. The van der Waals surface area contributed by atoms with Crippen molar-refractivity contribution in [1.82, 2.24) is 14.6 Å². The Morgan fingerprint density at radius 3 is 3.00 bits per heavy atom. The zero-order valence-electron chi connectivity index (χ0n) is 17.1. The van der Waals surface area contributed by atoms with Gasteiger partial charge in [-0.3, -0.25) is 4.79 Å². The summed E-state index contributed by atoms with van der Waals surface area (Å²) in [5.74, 6) is 0.180. The molecule has 0 spiro atoms. The van der Waals surface area contributed by atoms with E-state index < -0.39 is 11.5 Å². The van der Waals surface area contributed by atoms with Crippen molar-refractivity contribution >= 4 is 17.2 Å². The Bertz CT molecular complexity index is 1220. The number of aliphatic hydroxyl groups excluding tert-OH is 1. The molecule has 2 bridgehead atoms. The number of hydrogen-bond acceptors (Lipinski definition) is 7. The number of aromatic nitrogens is 3. The molecule has 0 aliphatic carbocycles. The van der Waals surface area contributed by atoms with Crippen LogP contribution >= 0.6 is 0 Å². The van der Waals surface area contributed by atoms with Gasteiger partial charge in [0.25, 0.3) is 5.91 Å². The van der Waals surface area contributed by atoms with E-state index in [1.165, 1.54) is 0 Å². The van der Waals surface area contributed by atoms with Gasteiger partial charge in [0.2, 0.25) is 0 Å². The first-order valence-corrected chi connectivity index (χ1v) is 10.4. The fraction of sp³-hybridized carbons (Fsp3) is 0.409. The van der Waals surface area contributed by atoms with Crippen molar-refractivity contribution in [2.24, 2.45) is 5.73 Å². The monoisotopic (exact) mass is 421 g/mol. The number of benzene rings is 1. The van der Waals surface area contributed by atoms with Gasteiger partial charge in [0.05, 0.1) is 31.0 Å². The highest BCUT2D eigenvalue weighted by atomic mass is 16.5. The average molecular weight is 421 g/mol. The van der Waals surface area contributed by atoms with E-state index in [1.807, 2.05) is 19.1 Å². The number of nitrogens with two attached hydrogens (primary N) is 1. The van der Waals surface area contributed by atoms with E-state index in [-0.39, 0.29) is 18.8 Å². The van der Waals surface area contributed by atoms with Crippen LogP contribution in [0.25, 0.3) is 16.9 Å². The molecule has 3 aliphatic heterocycles. The van der Waals surface area contributed by atoms with Gasteiger partial charge < -0.3 is 25.2 Å². The number of carbonyl (C=O) groups is 1. The van der Waals surface area contributed by atoms with Crippen molar-refractivity contribution in [3.05, 3.63) is 41.7 Å². The lowest BCUT2D eigenvalue weighted by Gasteiger charge is -2.31. The SMILES string of the molecule is C[C@]1(CO)Cc2cc(-c3nn4cccnc4c3C(N)=O)c(N3C[C@H]4C[C@@H]3CO4)cc2O1. The minimum absolute atomic E-state index is 0.0839. The van der Waals surface area contributed by atoms with Crippen molar-refractivity contribution in [3.8, 4) is 17.0 Å². The summed E-state index contributed by atoms with van der Waals surface area (Å²) < 4.78 is 13.5. The number of morpholine rings is 1. The number of aliphatic hydroxyl groups is 1. The standard InChI is InChI=1S/C22H23N5O4/c1-22(11-28)8-12-5-15(19-18(20(23)29)21-24-3-2-4-27(21)25-19)16(7-17(12)31-22)26-9-14-6-13(26)10-30-14/h2-5,7,13-14,28H,6,8-11H2,1H3,(H2,23,29)/t13-,14-,22-/m1/s1. The Morgan fingerprint density at radius 1 is 1.42 bits per heavy atom. The summed E-state index contributed by atoms with van der Waals surface area (Å²) in [6, 6.07) is 6.05. The zero-order valence-corrected chi connectivity index (χ0v) is 17.1. The number of hydrogen-bond donors (Lipinski definition) is 2. The molecule has 2 aromatic heterocycles. The van der Waals surface area contributed by atoms with Crippen LogP contribution in [0.15, 0.2) is 30.6 Å². The van der Waals surface area contributed by atoms with Crippen molar-refractivity contribution < 1.29 is 19.4 Å². The van der Waals surface area contributed by atoms with E-state index in [2.05, 4.69) is 15.0 Å². The highest BCUT2D eigenvalue weighted by Crippen LogP contribution is 2.46. The molecule has 3 atom stereocenters. The van der Waals surface area contributed by atoms with E-state index >= 15 is 0 Å². The van der Waals surface area contributed by atoms with Crippen LogP contribution in [0.4, 0.5) is 5.69 Å². The molecule has 2 fully saturated rings. The first-order valence-electron chi connectivity index (χ1n) is 10.4. The molecule has 3 aromatic rings. The highest BCUT2D eigenvalue weighted by molar-refractivity contribution is 6.06. The minimum Gasteiger partial charge on any atom is -0.484 e. The topological polar surface area (TPSA) is 115 Å². The number of fused-ring (bicyclic) bond motifs is 4. The number of ether oxygens (including phenoxy) is 2. The maximum Gasteiger partial charge on any atom is 0.254 e. The summed E-state index contributed by atoms with van der Waals surface area (Å²) in [7, 11) is 0. The maximum atomic E-state index is 12.5. The zero-order chi connectivity index (χ0) is 21.3. The second-order valence-corrected chi connectivity index (χ2v) is 8.84. The fourth-order valence-corrected chi connectivity index (χ4v) is 5.06. The molecule has 160 valence electrons. The highest BCUT2D eigenvalue weighted by Gasteiger charge is 2.42. The second kappa shape index (κ2) is 6.41. The second-order valence-electron chi connectivity index (χ2n) is 8.84.